The van der Waals surface area contributed by atoms with E-state index in [1.54, 1.807) is 6.92 Å². The SMILES string of the molecule is CCOC(=O)CN1C(=O)CCc2cc(F)ccc21. The third kappa shape index (κ3) is 2.50. The number of halogens is 1. The number of anilines is 1. The average Bonchev–Trinajstić information content (AvgIpc) is 2.33. The minimum absolute atomic E-state index is 0.120. The molecule has 5 heteroatoms. The van der Waals surface area contributed by atoms with Crippen LogP contribution >= 0.6 is 0 Å². The zero-order valence-corrected chi connectivity index (χ0v) is 10.1. The zero-order valence-electron chi connectivity index (χ0n) is 10.1. The number of amides is 1. The number of carbonyl (C=O) groups is 2. The number of carbonyl (C=O) groups excluding carboxylic acids is 2. The Morgan fingerprint density at radius 3 is 2.94 bits per heavy atom. The van der Waals surface area contributed by atoms with Crippen molar-refractivity contribution < 1.29 is 18.7 Å². The molecular formula is C13H14FNO3. The molecule has 0 aliphatic carbocycles. The fourth-order valence-electron chi connectivity index (χ4n) is 2.04. The molecule has 0 bridgehead atoms. The van der Waals surface area contributed by atoms with Gasteiger partial charge in [0, 0.05) is 12.1 Å². The molecule has 0 saturated carbocycles. The van der Waals surface area contributed by atoms with Crippen LogP contribution in [0.15, 0.2) is 18.2 Å². The van der Waals surface area contributed by atoms with E-state index in [-0.39, 0.29) is 31.3 Å². The van der Waals surface area contributed by atoms with Crippen LogP contribution in [0.25, 0.3) is 0 Å². The van der Waals surface area contributed by atoms with Crippen molar-refractivity contribution in [3.05, 3.63) is 29.6 Å². The molecule has 1 amide bonds. The highest BCUT2D eigenvalue weighted by atomic mass is 19.1. The van der Waals surface area contributed by atoms with Gasteiger partial charge in [0.15, 0.2) is 0 Å². The molecule has 4 nitrogen and oxygen atoms in total. The number of esters is 1. The van der Waals surface area contributed by atoms with Gasteiger partial charge in [-0.15, -0.1) is 0 Å². The maximum absolute atomic E-state index is 13.1. The predicted molar refractivity (Wildman–Crippen MR) is 63.7 cm³/mol. The van der Waals surface area contributed by atoms with Crippen molar-refractivity contribution in [2.24, 2.45) is 0 Å². The zero-order chi connectivity index (χ0) is 13.1. The van der Waals surface area contributed by atoms with Gasteiger partial charge in [-0.3, -0.25) is 9.59 Å². The van der Waals surface area contributed by atoms with E-state index in [0.29, 0.717) is 12.1 Å². The molecule has 0 aromatic heterocycles. The Morgan fingerprint density at radius 2 is 2.22 bits per heavy atom. The molecule has 0 fully saturated rings. The molecule has 1 aliphatic heterocycles. The summed E-state index contributed by atoms with van der Waals surface area (Å²) in [6.07, 6.45) is 0.793. The summed E-state index contributed by atoms with van der Waals surface area (Å²) >= 11 is 0. The van der Waals surface area contributed by atoms with Gasteiger partial charge in [0.05, 0.1) is 6.61 Å². The summed E-state index contributed by atoms with van der Waals surface area (Å²) in [4.78, 5) is 24.6. The van der Waals surface area contributed by atoms with E-state index in [9.17, 15) is 14.0 Å². The third-order valence-electron chi connectivity index (χ3n) is 2.83. The van der Waals surface area contributed by atoms with Gasteiger partial charge >= 0.3 is 5.97 Å². The van der Waals surface area contributed by atoms with Crippen LogP contribution in [-0.2, 0) is 20.7 Å². The smallest absolute Gasteiger partial charge is 0.326 e. The first kappa shape index (κ1) is 12.5. The molecule has 1 aromatic rings. The van der Waals surface area contributed by atoms with Crippen LogP contribution < -0.4 is 4.90 Å². The Bertz CT molecular complexity index is 487. The van der Waals surface area contributed by atoms with E-state index in [4.69, 9.17) is 4.74 Å². The van der Waals surface area contributed by atoms with E-state index >= 15 is 0 Å². The van der Waals surface area contributed by atoms with Crippen LogP contribution in [0.4, 0.5) is 10.1 Å². The summed E-state index contributed by atoms with van der Waals surface area (Å²) < 4.78 is 17.9. The third-order valence-corrected chi connectivity index (χ3v) is 2.83. The van der Waals surface area contributed by atoms with Crippen LogP contribution in [-0.4, -0.2) is 25.0 Å². The fraction of sp³-hybridized carbons (Fsp3) is 0.385. The lowest BCUT2D eigenvalue weighted by Gasteiger charge is -2.28. The first-order valence-corrected chi connectivity index (χ1v) is 5.86. The molecule has 2 rings (SSSR count). The molecule has 0 unspecified atom stereocenters. The Morgan fingerprint density at radius 1 is 1.44 bits per heavy atom. The van der Waals surface area contributed by atoms with Crippen molar-refractivity contribution in [3.8, 4) is 0 Å². The van der Waals surface area contributed by atoms with Gasteiger partial charge in [0.1, 0.15) is 12.4 Å². The molecular weight excluding hydrogens is 237 g/mol. The number of nitrogens with zero attached hydrogens (tertiary/aromatic N) is 1. The van der Waals surface area contributed by atoms with Crippen molar-refractivity contribution in [3.63, 3.8) is 0 Å². The number of fused-ring (bicyclic) bond motifs is 1. The van der Waals surface area contributed by atoms with Crippen molar-refractivity contribution in [2.45, 2.75) is 19.8 Å². The molecule has 0 saturated heterocycles. The normalized spacial score (nSPS) is 14.3. The molecule has 0 atom stereocenters. The van der Waals surface area contributed by atoms with Crippen molar-refractivity contribution in [2.75, 3.05) is 18.1 Å². The van der Waals surface area contributed by atoms with E-state index in [0.717, 1.165) is 5.56 Å². The number of benzene rings is 1. The lowest BCUT2D eigenvalue weighted by atomic mass is 10.0. The van der Waals surface area contributed by atoms with Gasteiger partial charge in [-0.2, -0.15) is 0 Å². The minimum atomic E-state index is -0.456. The maximum atomic E-state index is 13.1. The fourth-order valence-corrected chi connectivity index (χ4v) is 2.04. The first-order valence-electron chi connectivity index (χ1n) is 5.86. The van der Waals surface area contributed by atoms with Gasteiger partial charge in [-0.05, 0) is 37.1 Å². The van der Waals surface area contributed by atoms with Crippen LogP contribution in [0, 0.1) is 5.82 Å². The Kier molecular flexibility index (Phi) is 3.60. The predicted octanol–water partition coefficient (Wildman–Crippen LogP) is 1.67. The standard InChI is InChI=1S/C13H14FNO3/c1-2-18-13(17)8-15-11-5-4-10(14)7-9(11)3-6-12(15)16/h4-5,7H,2-3,6,8H2,1H3. The molecule has 96 valence electrons. The van der Waals surface area contributed by atoms with Crippen LogP contribution in [0.1, 0.15) is 18.9 Å². The first-order chi connectivity index (χ1) is 8.61. The van der Waals surface area contributed by atoms with E-state index in [1.807, 2.05) is 0 Å². The van der Waals surface area contributed by atoms with E-state index in [2.05, 4.69) is 0 Å². The number of hydrogen-bond acceptors (Lipinski definition) is 3. The highest BCUT2D eigenvalue weighted by molar-refractivity contribution is 6.00. The minimum Gasteiger partial charge on any atom is -0.465 e. The Balaban J connectivity index is 2.25. The highest BCUT2D eigenvalue weighted by Gasteiger charge is 2.26. The molecule has 0 spiro atoms. The van der Waals surface area contributed by atoms with Gasteiger partial charge < -0.3 is 9.64 Å². The summed E-state index contributed by atoms with van der Waals surface area (Å²) in [7, 11) is 0. The van der Waals surface area contributed by atoms with Gasteiger partial charge in [-0.1, -0.05) is 0 Å². The van der Waals surface area contributed by atoms with Gasteiger partial charge in [0.2, 0.25) is 5.91 Å². The summed E-state index contributed by atoms with van der Waals surface area (Å²) in [6, 6.07) is 4.22. The lowest BCUT2D eigenvalue weighted by Crippen LogP contribution is -2.39. The molecule has 18 heavy (non-hydrogen) atoms. The Hall–Kier alpha value is -1.91. The maximum Gasteiger partial charge on any atom is 0.326 e. The molecule has 1 heterocycles. The summed E-state index contributed by atoms with van der Waals surface area (Å²) in [6.45, 7) is 1.86. The topological polar surface area (TPSA) is 46.6 Å². The quantitative estimate of drug-likeness (QED) is 0.768. The van der Waals surface area contributed by atoms with Gasteiger partial charge in [-0.25, -0.2) is 4.39 Å². The second kappa shape index (κ2) is 5.16. The van der Waals surface area contributed by atoms with Crippen molar-refractivity contribution >= 4 is 17.6 Å². The van der Waals surface area contributed by atoms with Crippen LogP contribution in [0.5, 0.6) is 0 Å². The number of rotatable bonds is 3. The Labute approximate surface area is 104 Å². The monoisotopic (exact) mass is 251 g/mol. The van der Waals surface area contributed by atoms with E-state index in [1.165, 1.54) is 23.1 Å². The summed E-state index contributed by atoms with van der Waals surface area (Å²) in [5.74, 6) is -0.927. The number of ether oxygens (including phenoxy) is 1. The van der Waals surface area contributed by atoms with Crippen LogP contribution in [0.3, 0.4) is 0 Å². The van der Waals surface area contributed by atoms with Crippen LogP contribution in [0.2, 0.25) is 0 Å². The molecule has 0 radical (unpaired) electrons. The molecule has 0 N–H and O–H groups in total. The number of hydrogen-bond donors (Lipinski definition) is 0. The van der Waals surface area contributed by atoms with Crippen molar-refractivity contribution in [1.82, 2.24) is 0 Å². The molecule has 1 aliphatic rings. The number of aryl methyl sites for hydroxylation is 1. The highest BCUT2D eigenvalue weighted by Crippen LogP contribution is 2.28. The average molecular weight is 251 g/mol. The lowest BCUT2D eigenvalue weighted by molar-refractivity contribution is -0.142. The summed E-state index contributed by atoms with van der Waals surface area (Å²) in [5.41, 5.74) is 1.35. The van der Waals surface area contributed by atoms with Crippen molar-refractivity contribution in [1.29, 1.82) is 0 Å². The van der Waals surface area contributed by atoms with Gasteiger partial charge in [0.25, 0.3) is 0 Å². The molecule has 1 aromatic carbocycles. The summed E-state index contributed by atoms with van der Waals surface area (Å²) in [5, 5.41) is 0. The second-order valence-electron chi connectivity index (χ2n) is 4.06. The second-order valence-corrected chi connectivity index (χ2v) is 4.06. The largest absolute Gasteiger partial charge is 0.465 e. The van der Waals surface area contributed by atoms with E-state index < -0.39 is 5.97 Å².